The molecule has 1 atom stereocenters. The number of hydrogen-bond acceptors (Lipinski definition) is 4. The van der Waals surface area contributed by atoms with E-state index in [9.17, 15) is 18.0 Å². The lowest BCUT2D eigenvalue weighted by molar-refractivity contribution is -0.136. The molecule has 2 amide bonds. The monoisotopic (exact) mass is 424 g/mol. The molecular formula is C20H19F3N2O3S. The van der Waals surface area contributed by atoms with E-state index in [1.54, 1.807) is 16.7 Å². The molecule has 2 aliphatic heterocycles. The van der Waals surface area contributed by atoms with Crippen molar-refractivity contribution in [3.63, 3.8) is 0 Å². The van der Waals surface area contributed by atoms with Crippen LogP contribution in [0.3, 0.4) is 0 Å². The number of para-hydroxylation sites is 1. The summed E-state index contributed by atoms with van der Waals surface area (Å²) in [5.41, 5.74) is 0.00827. The van der Waals surface area contributed by atoms with Gasteiger partial charge in [-0.1, -0.05) is 18.2 Å². The summed E-state index contributed by atoms with van der Waals surface area (Å²) in [4.78, 5) is 14.2. The highest BCUT2D eigenvalue weighted by molar-refractivity contribution is 7.99. The third-order valence-electron chi connectivity index (χ3n) is 4.87. The first-order valence-electron chi connectivity index (χ1n) is 9.15. The minimum Gasteiger partial charge on any atom is -0.454 e. The van der Waals surface area contributed by atoms with Crippen molar-refractivity contribution in [2.45, 2.75) is 17.8 Å². The normalized spacial score (nSPS) is 19.0. The van der Waals surface area contributed by atoms with Crippen molar-refractivity contribution in [3.8, 4) is 11.5 Å². The Bertz CT molecular complexity index is 907. The number of fused-ring (bicyclic) bond motifs is 1. The molecule has 0 radical (unpaired) electrons. The second-order valence-corrected chi connectivity index (χ2v) is 8.03. The molecule has 2 aromatic carbocycles. The summed E-state index contributed by atoms with van der Waals surface area (Å²) < 4.78 is 50.2. The van der Waals surface area contributed by atoms with E-state index in [0.717, 1.165) is 17.4 Å². The second-order valence-electron chi connectivity index (χ2n) is 6.72. The molecule has 0 unspecified atom stereocenters. The van der Waals surface area contributed by atoms with Crippen LogP contribution in [0.2, 0.25) is 0 Å². The predicted molar refractivity (Wildman–Crippen MR) is 104 cm³/mol. The fourth-order valence-electron chi connectivity index (χ4n) is 3.39. The Labute approximate surface area is 170 Å². The SMILES string of the molecule is O=C(Nc1ccccc1C(F)(F)F)N1CCS[C@H](c2ccc3c(c2)OCO3)CC1. The van der Waals surface area contributed by atoms with E-state index < -0.39 is 17.8 Å². The second kappa shape index (κ2) is 8.06. The highest BCUT2D eigenvalue weighted by atomic mass is 32.2. The van der Waals surface area contributed by atoms with Crippen molar-refractivity contribution in [3.05, 3.63) is 53.6 Å². The molecule has 1 fully saturated rings. The fraction of sp³-hybridized carbons (Fsp3) is 0.350. The highest BCUT2D eigenvalue weighted by Gasteiger charge is 2.34. The Morgan fingerprint density at radius 1 is 1.10 bits per heavy atom. The maximum atomic E-state index is 13.2. The van der Waals surface area contributed by atoms with Gasteiger partial charge in [-0.05, 0) is 36.2 Å². The zero-order chi connectivity index (χ0) is 20.4. The van der Waals surface area contributed by atoms with Gasteiger partial charge in [-0.3, -0.25) is 0 Å². The average Bonchev–Trinajstić information content (AvgIpc) is 3.02. The number of nitrogens with zero attached hydrogens (tertiary/aromatic N) is 1. The first-order valence-corrected chi connectivity index (χ1v) is 10.2. The third kappa shape index (κ3) is 4.39. The Morgan fingerprint density at radius 2 is 1.90 bits per heavy atom. The summed E-state index contributed by atoms with van der Waals surface area (Å²) in [5.74, 6) is 2.12. The van der Waals surface area contributed by atoms with Crippen LogP contribution in [0.25, 0.3) is 0 Å². The number of amides is 2. The number of halogens is 3. The summed E-state index contributed by atoms with van der Waals surface area (Å²) in [6.45, 7) is 1.13. The van der Waals surface area contributed by atoms with Gasteiger partial charge in [-0.15, -0.1) is 0 Å². The first kappa shape index (κ1) is 19.8. The van der Waals surface area contributed by atoms with Gasteiger partial charge >= 0.3 is 12.2 Å². The minimum absolute atomic E-state index is 0.171. The van der Waals surface area contributed by atoms with Gasteiger partial charge in [0.1, 0.15) is 0 Å². The van der Waals surface area contributed by atoms with E-state index in [-0.39, 0.29) is 17.7 Å². The number of ether oxygens (including phenoxy) is 2. The van der Waals surface area contributed by atoms with Gasteiger partial charge in [0.2, 0.25) is 6.79 Å². The maximum Gasteiger partial charge on any atom is 0.418 e. The number of hydrogen-bond donors (Lipinski definition) is 1. The topological polar surface area (TPSA) is 50.8 Å². The molecule has 0 aromatic heterocycles. The molecule has 0 aliphatic carbocycles. The van der Waals surface area contributed by atoms with Crippen LogP contribution in [0, 0.1) is 0 Å². The van der Waals surface area contributed by atoms with Crippen LogP contribution in [-0.2, 0) is 6.18 Å². The van der Waals surface area contributed by atoms with Crippen molar-refractivity contribution in [1.29, 1.82) is 0 Å². The molecule has 0 spiro atoms. The Balaban J connectivity index is 1.42. The van der Waals surface area contributed by atoms with Crippen LogP contribution in [0.5, 0.6) is 11.5 Å². The Hall–Kier alpha value is -2.55. The largest absolute Gasteiger partial charge is 0.454 e. The lowest BCUT2D eigenvalue weighted by Crippen LogP contribution is -2.37. The molecule has 0 bridgehead atoms. The van der Waals surface area contributed by atoms with Gasteiger partial charge in [0.25, 0.3) is 0 Å². The lowest BCUT2D eigenvalue weighted by Gasteiger charge is -2.22. The number of carbonyl (C=O) groups excluding carboxylic acids is 1. The molecule has 9 heteroatoms. The Kier molecular flexibility index (Phi) is 5.49. The van der Waals surface area contributed by atoms with E-state index in [2.05, 4.69) is 5.32 Å². The van der Waals surface area contributed by atoms with Crippen molar-refractivity contribution in [2.24, 2.45) is 0 Å². The number of thioether (sulfide) groups is 1. The molecular weight excluding hydrogens is 405 g/mol. The zero-order valence-corrected chi connectivity index (χ0v) is 16.2. The fourth-order valence-corrected chi connectivity index (χ4v) is 4.61. The molecule has 5 nitrogen and oxygen atoms in total. The van der Waals surface area contributed by atoms with Crippen molar-refractivity contribution >= 4 is 23.5 Å². The molecule has 2 aliphatic rings. The van der Waals surface area contributed by atoms with Gasteiger partial charge in [-0.2, -0.15) is 24.9 Å². The number of alkyl halides is 3. The summed E-state index contributed by atoms with van der Waals surface area (Å²) in [6.07, 6.45) is -3.83. The number of rotatable bonds is 2. The molecule has 0 saturated carbocycles. The summed E-state index contributed by atoms with van der Waals surface area (Å²) in [6, 6.07) is 10.3. The quantitative estimate of drug-likeness (QED) is 0.725. The van der Waals surface area contributed by atoms with Gasteiger partial charge in [0.15, 0.2) is 11.5 Å². The van der Waals surface area contributed by atoms with Gasteiger partial charge in [0, 0.05) is 24.1 Å². The number of anilines is 1. The van der Waals surface area contributed by atoms with Crippen LogP contribution in [0.4, 0.5) is 23.7 Å². The number of benzene rings is 2. The third-order valence-corrected chi connectivity index (χ3v) is 6.20. The highest BCUT2D eigenvalue weighted by Crippen LogP contribution is 2.40. The van der Waals surface area contributed by atoms with E-state index >= 15 is 0 Å². The number of carbonyl (C=O) groups is 1. The van der Waals surface area contributed by atoms with Crippen molar-refractivity contribution in [2.75, 3.05) is 31.0 Å². The van der Waals surface area contributed by atoms with Gasteiger partial charge < -0.3 is 19.7 Å². The van der Waals surface area contributed by atoms with E-state index in [4.69, 9.17) is 9.47 Å². The van der Waals surface area contributed by atoms with E-state index in [1.165, 1.54) is 18.2 Å². The summed E-state index contributed by atoms with van der Waals surface area (Å²) in [5, 5.41) is 2.60. The van der Waals surface area contributed by atoms with Crippen LogP contribution in [0.1, 0.15) is 22.8 Å². The number of urea groups is 1. The van der Waals surface area contributed by atoms with E-state index in [1.807, 2.05) is 18.2 Å². The van der Waals surface area contributed by atoms with E-state index in [0.29, 0.717) is 31.0 Å². The molecule has 4 rings (SSSR count). The van der Waals surface area contributed by atoms with Crippen LogP contribution in [0.15, 0.2) is 42.5 Å². The van der Waals surface area contributed by atoms with Crippen molar-refractivity contribution < 1.29 is 27.4 Å². The molecule has 2 heterocycles. The van der Waals surface area contributed by atoms with Crippen LogP contribution >= 0.6 is 11.8 Å². The predicted octanol–water partition coefficient (Wildman–Crippen LogP) is 5.15. The average molecular weight is 424 g/mol. The molecule has 1 saturated heterocycles. The van der Waals surface area contributed by atoms with Gasteiger partial charge in [0.05, 0.1) is 11.3 Å². The Morgan fingerprint density at radius 3 is 2.72 bits per heavy atom. The zero-order valence-electron chi connectivity index (χ0n) is 15.4. The maximum absolute atomic E-state index is 13.2. The molecule has 154 valence electrons. The summed E-state index contributed by atoms with van der Waals surface area (Å²) >= 11 is 1.72. The number of nitrogens with one attached hydrogen (secondary N) is 1. The van der Waals surface area contributed by atoms with Crippen LogP contribution in [-0.4, -0.2) is 36.6 Å². The summed E-state index contributed by atoms with van der Waals surface area (Å²) in [7, 11) is 0. The first-order chi connectivity index (χ1) is 13.9. The molecule has 1 N–H and O–H groups in total. The smallest absolute Gasteiger partial charge is 0.418 e. The molecule has 2 aromatic rings. The van der Waals surface area contributed by atoms with Crippen molar-refractivity contribution in [1.82, 2.24) is 4.90 Å². The minimum atomic E-state index is -4.52. The van der Waals surface area contributed by atoms with Gasteiger partial charge in [-0.25, -0.2) is 4.79 Å². The lowest BCUT2D eigenvalue weighted by atomic mass is 10.1. The molecule has 29 heavy (non-hydrogen) atoms. The standard InChI is InChI=1S/C20H19F3N2O3S/c21-20(22,23)14-3-1-2-4-15(14)24-19(26)25-8-7-18(29-10-9-25)13-5-6-16-17(11-13)28-12-27-16/h1-6,11,18H,7-10,12H2,(H,24,26)/t18-/m0/s1. The van der Waals surface area contributed by atoms with Crippen LogP contribution < -0.4 is 14.8 Å².